The van der Waals surface area contributed by atoms with Crippen molar-refractivity contribution in [2.45, 2.75) is 6.92 Å². The van der Waals surface area contributed by atoms with Crippen molar-refractivity contribution in [2.24, 2.45) is 0 Å². The van der Waals surface area contributed by atoms with Gasteiger partial charge in [0.15, 0.2) is 6.61 Å². The molecular weight excluding hydrogens is 290 g/mol. The van der Waals surface area contributed by atoms with Gasteiger partial charge in [0.25, 0.3) is 5.91 Å². The number of hydrogen-bond acceptors (Lipinski definition) is 3. The first-order valence-corrected chi connectivity index (χ1v) is 6.80. The molecule has 0 aliphatic rings. The molecule has 0 unspecified atom stereocenters. The molecule has 21 heavy (non-hydrogen) atoms. The Morgan fingerprint density at radius 3 is 2.71 bits per heavy atom. The van der Waals surface area contributed by atoms with Gasteiger partial charge in [0, 0.05) is 5.02 Å². The maximum Gasteiger partial charge on any atom is 0.262 e. The molecule has 110 valence electrons. The lowest BCUT2D eigenvalue weighted by atomic mass is 10.2. The van der Waals surface area contributed by atoms with Gasteiger partial charge in [-0.1, -0.05) is 29.8 Å². The topological polar surface area (TPSA) is 47.6 Å². The molecule has 4 nitrogen and oxygen atoms in total. The molecule has 1 N–H and O–H groups in total. The molecule has 0 atom stereocenters. The van der Waals surface area contributed by atoms with Crippen molar-refractivity contribution in [3.8, 4) is 11.5 Å². The fourth-order valence-corrected chi connectivity index (χ4v) is 1.97. The van der Waals surface area contributed by atoms with E-state index in [9.17, 15) is 4.79 Å². The van der Waals surface area contributed by atoms with Crippen molar-refractivity contribution in [3.05, 3.63) is 53.1 Å². The molecule has 5 heteroatoms. The summed E-state index contributed by atoms with van der Waals surface area (Å²) in [7, 11) is 1.55. The number of methoxy groups -OCH3 is 1. The van der Waals surface area contributed by atoms with Crippen LogP contribution in [0, 0.1) is 6.92 Å². The zero-order valence-corrected chi connectivity index (χ0v) is 12.6. The second-order valence-corrected chi connectivity index (χ2v) is 4.88. The number of para-hydroxylation sites is 2. The molecule has 0 saturated carbocycles. The van der Waals surface area contributed by atoms with Crippen LogP contribution < -0.4 is 14.8 Å². The Hall–Kier alpha value is -2.20. The summed E-state index contributed by atoms with van der Waals surface area (Å²) in [6.07, 6.45) is 0. The van der Waals surface area contributed by atoms with E-state index in [-0.39, 0.29) is 12.5 Å². The normalized spacial score (nSPS) is 10.0. The highest BCUT2D eigenvalue weighted by molar-refractivity contribution is 6.30. The molecule has 2 rings (SSSR count). The van der Waals surface area contributed by atoms with E-state index < -0.39 is 0 Å². The monoisotopic (exact) mass is 305 g/mol. The molecule has 0 saturated heterocycles. The van der Waals surface area contributed by atoms with Crippen LogP contribution >= 0.6 is 11.6 Å². The van der Waals surface area contributed by atoms with Gasteiger partial charge in [-0.15, -0.1) is 0 Å². The summed E-state index contributed by atoms with van der Waals surface area (Å²) in [5.74, 6) is 0.932. The van der Waals surface area contributed by atoms with Gasteiger partial charge in [-0.25, -0.2) is 0 Å². The van der Waals surface area contributed by atoms with Gasteiger partial charge in [-0.05, 0) is 36.8 Å². The summed E-state index contributed by atoms with van der Waals surface area (Å²) in [4.78, 5) is 11.9. The average Bonchev–Trinajstić information content (AvgIpc) is 2.49. The van der Waals surface area contributed by atoms with Crippen molar-refractivity contribution in [2.75, 3.05) is 19.0 Å². The number of rotatable bonds is 5. The van der Waals surface area contributed by atoms with E-state index in [0.29, 0.717) is 22.2 Å². The molecule has 0 aromatic heterocycles. The highest BCUT2D eigenvalue weighted by atomic mass is 35.5. The van der Waals surface area contributed by atoms with Crippen LogP contribution in [0.15, 0.2) is 42.5 Å². The third-order valence-corrected chi connectivity index (χ3v) is 3.13. The van der Waals surface area contributed by atoms with Crippen LogP contribution in [0.4, 0.5) is 5.69 Å². The van der Waals surface area contributed by atoms with Gasteiger partial charge in [-0.2, -0.15) is 0 Å². The zero-order chi connectivity index (χ0) is 15.2. The van der Waals surface area contributed by atoms with Crippen LogP contribution in [0.3, 0.4) is 0 Å². The fraction of sp³-hybridized carbons (Fsp3) is 0.188. The summed E-state index contributed by atoms with van der Waals surface area (Å²) in [6, 6.07) is 12.5. The van der Waals surface area contributed by atoms with Gasteiger partial charge >= 0.3 is 0 Å². The number of halogens is 1. The number of hydrogen-bond donors (Lipinski definition) is 1. The van der Waals surface area contributed by atoms with Crippen LogP contribution in [0.5, 0.6) is 11.5 Å². The van der Waals surface area contributed by atoms with E-state index in [1.165, 1.54) is 0 Å². The van der Waals surface area contributed by atoms with Crippen molar-refractivity contribution < 1.29 is 14.3 Å². The van der Waals surface area contributed by atoms with Gasteiger partial charge in [0.1, 0.15) is 11.5 Å². The van der Waals surface area contributed by atoms with Crippen molar-refractivity contribution >= 4 is 23.2 Å². The number of benzene rings is 2. The fourth-order valence-electron chi connectivity index (χ4n) is 1.81. The number of nitrogens with one attached hydrogen (secondary N) is 1. The Balaban J connectivity index is 1.97. The zero-order valence-electron chi connectivity index (χ0n) is 11.9. The molecule has 0 bridgehead atoms. The highest BCUT2D eigenvalue weighted by Crippen LogP contribution is 2.24. The first-order valence-electron chi connectivity index (χ1n) is 6.42. The molecule has 0 aliphatic heterocycles. The van der Waals surface area contributed by atoms with E-state index in [4.69, 9.17) is 21.1 Å². The maximum absolute atomic E-state index is 11.9. The molecule has 0 heterocycles. The third-order valence-electron chi connectivity index (χ3n) is 2.89. The SMILES string of the molecule is COc1ccccc1NC(=O)COc1cc(Cl)ccc1C. The van der Waals surface area contributed by atoms with E-state index in [2.05, 4.69) is 5.32 Å². The second kappa shape index (κ2) is 6.99. The first kappa shape index (κ1) is 15.2. The van der Waals surface area contributed by atoms with Gasteiger partial charge < -0.3 is 14.8 Å². The van der Waals surface area contributed by atoms with Crippen LogP contribution in [0.25, 0.3) is 0 Å². The van der Waals surface area contributed by atoms with Crippen LogP contribution in [-0.4, -0.2) is 19.6 Å². The average molecular weight is 306 g/mol. The Labute approximate surface area is 128 Å². The summed E-state index contributed by atoms with van der Waals surface area (Å²) in [5, 5.41) is 3.31. The molecule has 0 fully saturated rings. The lowest BCUT2D eigenvalue weighted by Gasteiger charge is -2.11. The number of ether oxygens (including phenoxy) is 2. The van der Waals surface area contributed by atoms with Crippen molar-refractivity contribution in [1.29, 1.82) is 0 Å². The smallest absolute Gasteiger partial charge is 0.262 e. The van der Waals surface area contributed by atoms with E-state index in [1.807, 2.05) is 25.1 Å². The largest absolute Gasteiger partial charge is 0.495 e. The quantitative estimate of drug-likeness (QED) is 0.916. The van der Waals surface area contributed by atoms with E-state index in [1.54, 1.807) is 31.4 Å². The summed E-state index contributed by atoms with van der Waals surface area (Å²) in [6.45, 7) is 1.79. The summed E-state index contributed by atoms with van der Waals surface area (Å²) in [5.41, 5.74) is 1.53. The predicted molar refractivity (Wildman–Crippen MR) is 83.3 cm³/mol. The Bertz CT molecular complexity index is 643. The molecular formula is C16H16ClNO3. The molecule has 1 amide bonds. The predicted octanol–water partition coefficient (Wildman–Crippen LogP) is 3.67. The standard InChI is InChI=1S/C16H16ClNO3/c1-11-7-8-12(17)9-15(11)21-10-16(19)18-13-5-3-4-6-14(13)20-2/h3-9H,10H2,1-2H3,(H,18,19). The minimum atomic E-state index is -0.265. The van der Waals surface area contributed by atoms with Gasteiger partial charge in [-0.3, -0.25) is 4.79 Å². The molecule has 2 aromatic rings. The van der Waals surface area contributed by atoms with Gasteiger partial charge in [0.05, 0.1) is 12.8 Å². The molecule has 0 spiro atoms. The van der Waals surface area contributed by atoms with Crippen molar-refractivity contribution in [1.82, 2.24) is 0 Å². The van der Waals surface area contributed by atoms with Crippen LogP contribution in [0.2, 0.25) is 5.02 Å². The first-order chi connectivity index (χ1) is 10.1. The number of anilines is 1. The van der Waals surface area contributed by atoms with Crippen LogP contribution in [0.1, 0.15) is 5.56 Å². The maximum atomic E-state index is 11.9. The molecule has 0 aliphatic carbocycles. The van der Waals surface area contributed by atoms with Gasteiger partial charge in [0.2, 0.25) is 0 Å². The summed E-state index contributed by atoms with van der Waals surface area (Å²) < 4.78 is 10.7. The Morgan fingerprint density at radius 1 is 1.19 bits per heavy atom. The number of amides is 1. The van der Waals surface area contributed by atoms with E-state index in [0.717, 1.165) is 5.56 Å². The Kier molecular flexibility index (Phi) is 5.06. The Morgan fingerprint density at radius 2 is 1.95 bits per heavy atom. The highest BCUT2D eigenvalue weighted by Gasteiger charge is 2.08. The lowest BCUT2D eigenvalue weighted by molar-refractivity contribution is -0.118. The second-order valence-electron chi connectivity index (χ2n) is 4.45. The number of carbonyl (C=O) groups excluding carboxylic acids is 1. The van der Waals surface area contributed by atoms with Crippen molar-refractivity contribution in [3.63, 3.8) is 0 Å². The lowest BCUT2D eigenvalue weighted by Crippen LogP contribution is -2.20. The minimum Gasteiger partial charge on any atom is -0.495 e. The minimum absolute atomic E-state index is 0.0980. The van der Waals surface area contributed by atoms with Crippen LogP contribution in [-0.2, 0) is 4.79 Å². The molecule has 0 radical (unpaired) electrons. The molecule has 2 aromatic carbocycles. The van der Waals surface area contributed by atoms with E-state index >= 15 is 0 Å². The third kappa shape index (κ3) is 4.13. The number of aryl methyl sites for hydroxylation is 1. The number of carbonyl (C=O) groups is 1. The summed E-state index contributed by atoms with van der Waals surface area (Å²) >= 11 is 5.90.